The molecule has 0 saturated heterocycles. The maximum Gasteiger partial charge on any atom is 0.337 e. The number of esters is 1. The lowest BCUT2D eigenvalue weighted by atomic mass is 10.1. The van der Waals surface area contributed by atoms with Gasteiger partial charge in [-0.1, -0.05) is 18.1 Å². The highest BCUT2D eigenvalue weighted by Gasteiger charge is 2.04. The number of hydrogen-bond acceptors (Lipinski definition) is 3. The van der Waals surface area contributed by atoms with Gasteiger partial charge in [0.25, 0.3) is 0 Å². The molecule has 0 spiro atoms. The van der Waals surface area contributed by atoms with Crippen LogP contribution in [0.1, 0.15) is 22.8 Å². The van der Waals surface area contributed by atoms with Gasteiger partial charge in [-0.05, 0) is 31.0 Å². The molecule has 0 aromatic heterocycles. The summed E-state index contributed by atoms with van der Waals surface area (Å²) in [6.45, 7) is 3.86. The number of nitrogens with zero attached hydrogens (tertiary/aromatic N) is 1. The van der Waals surface area contributed by atoms with Gasteiger partial charge in [-0.3, -0.25) is 4.99 Å². The summed E-state index contributed by atoms with van der Waals surface area (Å²) in [5.41, 5.74) is 1.66. The fraction of sp³-hybridized carbons (Fsp3) is 0.375. The van der Waals surface area contributed by atoms with E-state index in [1.54, 1.807) is 12.1 Å². The number of rotatable bonds is 6. The molecule has 0 aliphatic heterocycles. The van der Waals surface area contributed by atoms with Crippen molar-refractivity contribution in [1.82, 2.24) is 10.6 Å². The Balaban J connectivity index is 2.53. The molecule has 0 bridgehead atoms. The van der Waals surface area contributed by atoms with Crippen LogP contribution in [-0.2, 0) is 11.2 Å². The minimum atomic E-state index is -0.326. The van der Waals surface area contributed by atoms with E-state index in [1.165, 1.54) is 7.11 Å². The molecular formula is C16H21N3O2. The van der Waals surface area contributed by atoms with Crippen LogP contribution < -0.4 is 10.6 Å². The third-order valence-corrected chi connectivity index (χ3v) is 2.75. The second kappa shape index (κ2) is 9.43. The molecule has 0 aliphatic carbocycles. The molecule has 2 N–H and O–H groups in total. The fourth-order valence-electron chi connectivity index (χ4n) is 1.70. The van der Waals surface area contributed by atoms with Crippen molar-refractivity contribution in [2.45, 2.75) is 13.3 Å². The van der Waals surface area contributed by atoms with E-state index in [0.717, 1.165) is 18.5 Å². The number of benzene rings is 1. The highest BCUT2D eigenvalue weighted by molar-refractivity contribution is 5.89. The number of ether oxygens (including phenoxy) is 1. The van der Waals surface area contributed by atoms with E-state index in [4.69, 9.17) is 6.42 Å². The summed E-state index contributed by atoms with van der Waals surface area (Å²) < 4.78 is 4.66. The molecule has 0 unspecified atom stereocenters. The Morgan fingerprint density at radius 1 is 1.33 bits per heavy atom. The molecule has 0 amide bonds. The van der Waals surface area contributed by atoms with E-state index in [1.807, 2.05) is 19.1 Å². The van der Waals surface area contributed by atoms with Crippen LogP contribution in [-0.4, -0.2) is 38.7 Å². The van der Waals surface area contributed by atoms with Crippen molar-refractivity contribution >= 4 is 11.9 Å². The van der Waals surface area contributed by atoms with Crippen LogP contribution in [0, 0.1) is 12.3 Å². The number of carbonyl (C=O) groups is 1. The zero-order chi connectivity index (χ0) is 15.5. The number of methoxy groups -OCH3 is 1. The number of aliphatic imine (C=N–C) groups is 1. The largest absolute Gasteiger partial charge is 0.465 e. The summed E-state index contributed by atoms with van der Waals surface area (Å²) in [5.74, 6) is 2.89. The lowest BCUT2D eigenvalue weighted by molar-refractivity contribution is 0.0600. The summed E-state index contributed by atoms with van der Waals surface area (Å²) in [6, 6.07) is 7.33. The Kier molecular flexibility index (Phi) is 7.44. The Morgan fingerprint density at radius 3 is 2.62 bits per heavy atom. The van der Waals surface area contributed by atoms with Crippen molar-refractivity contribution in [3.05, 3.63) is 35.4 Å². The number of nitrogens with one attached hydrogen (secondary N) is 2. The molecular weight excluding hydrogens is 266 g/mol. The molecule has 0 atom stereocenters. The molecule has 0 radical (unpaired) electrons. The average Bonchev–Trinajstić information content (AvgIpc) is 2.52. The molecule has 1 aromatic carbocycles. The first-order valence-corrected chi connectivity index (χ1v) is 6.84. The predicted octanol–water partition coefficient (Wildman–Crippen LogP) is 1.20. The van der Waals surface area contributed by atoms with Gasteiger partial charge in [-0.2, -0.15) is 0 Å². The Labute approximate surface area is 125 Å². The normalized spacial score (nSPS) is 10.6. The second-order valence-electron chi connectivity index (χ2n) is 4.26. The topological polar surface area (TPSA) is 62.7 Å². The molecule has 1 aromatic rings. The zero-order valence-corrected chi connectivity index (χ0v) is 12.5. The van der Waals surface area contributed by atoms with Crippen molar-refractivity contribution in [3.63, 3.8) is 0 Å². The van der Waals surface area contributed by atoms with E-state index in [2.05, 4.69) is 26.3 Å². The number of hydrogen-bond donors (Lipinski definition) is 2. The highest BCUT2D eigenvalue weighted by Crippen LogP contribution is 2.06. The highest BCUT2D eigenvalue weighted by atomic mass is 16.5. The lowest BCUT2D eigenvalue weighted by Crippen LogP contribution is -2.37. The van der Waals surface area contributed by atoms with Crippen LogP contribution in [0.25, 0.3) is 0 Å². The first-order chi connectivity index (χ1) is 10.2. The summed E-state index contributed by atoms with van der Waals surface area (Å²) >= 11 is 0. The quantitative estimate of drug-likeness (QED) is 0.357. The van der Waals surface area contributed by atoms with Gasteiger partial charge in [0.2, 0.25) is 0 Å². The number of terminal acetylenes is 1. The number of carbonyl (C=O) groups excluding carboxylic acids is 1. The summed E-state index contributed by atoms with van der Waals surface area (Å²) in [4.78, 5) is 15.8. The molecule has 5 heteroatoms. The van der Waals surface area contributed by atoms with Gasteiger partial charge in [-0.15, -0.1) is 6.42 Å². The van der Waals surface area contributed by atoms with Crippen LogP contribution in [0.4, 0.5) is 0 Å². The molecule has 0 fully saturated rings. The van der Waals surface area contributed by atoms with E-state index in [-0.39, 0.29) is 5.97 Å². The molecule has 21 heavy (non-hydrogen) atoms. The van der Waals surface area contributed by atoms with Crippen molar-refractivity contribution in [2.24, 2.45) is 4.99 Å². The molecule has 112 valence electrons. The van der Waals surface area contributed by atoms with Gasteiger partial charge in [0.1, 0.15) is 0 Å². The number of guanidine groups is 1. The van der Waals surface area contributed by atoms with Crippen LogP contribution in [0.3, 0.4) is 0 Å². The lowest BCUT2D eigenvalue weighted by Gasteiger charge is -2.08. The van der Waals surface area contributed by atoms with Gasteiger partial charge in [0.05, 0.1) is 19.2 Å². The minimum absolute atomic E-state index is 0.326. The second-order valence-corrected chi connectivity index (χ2v) is 4.26. The minimum Gasteiger partial charge on any atom is -0.465 e. The maximum absolute atomic E-state index is 11.3. The third kappa shape index (κ3) is 6.00. The van der Waals surface area contributed by atoms with Gasteiger partial charge >= 0.3 is 5.97 Å². The van der Waals surface area contributed by atoms with Crippen molar-refractivity contribution in [3.8, 4) is 12.3 Å². The first kappa shape index (κ1) is 16.6. The Hall–Kier alpha value is -2.48. The van der Waals surface area contributed by atoms with E-state index < -0.39 is 0 Å². The van der Waals surface area contributed by atoms with Crippen LogP contribution in [0.15, 0.2) is 29.3 Å². The van der Waals surface area contributed by atoms with Crippen LogP contribution >= 0.6 is 0 Å². The monoisotopic (exact) mass is 287 g/mol. The molecule has 0 heterocycles. The summed E-state index contributed by atoms with van der Waals surface area (Å²) in [5, 5.41) is 6.15. The first-order valence-electron chi connectivity index (χ1n) is 6.84. The van der Waals surface area contributed by atoms with Crippen LogP contribution in [0.2, 0.25) is 0 Å². The van der Waals surface area contributed by atoms with Crippen molar-refractivity contribution in [1.29, 1.82) is 0 Å². The van der Waals surface area contributed by atoms with Gasteiger partial charge in [0.15, 0.2) is 5.96 Å². The maximum atomic E-state index is 11.3. The average molecular weight is 287 g/mol. The van der Waals surface area contributed by atoms with Gasteiger partial charge in [0, 0.05) is 13.1 Å². The standard InChI is InChI=1S/C16H21N3O2/c1-4-11-18-16(17-5-2)19-12-10-13-6-8-14(9-7-13)15(20)21-3/h1,6-9H,5,10-12H2,2-3H3,(H2,17,18,19). The van der Waals surface area contributed by atoms with Gasteiger partial charge in [-0.25, -0.2) is 4.79 Å². The SMILES string of the molecule is C#CCNC(=NCCc1ccc(C(=O)OC)cc1)NCC. The van der Waals surface area contributed by atoms with E-state index in [0.29, 0.717) is 24.6 Å². The molecule has 0 saturated carbocycles. The van der Waals surface area contributed by atoms with Gasteiger partial charge < -0.3 is 15.4 Å². The Bertz CT molecular complexity index is 515. The third-order valence-electron chi connectivity index (χ3n) is 2.75. The summed E-state index contributed by atoms with van der Waals surface area (Å²) in [7, 11) is 1.37. The molecule has 1 rings (SSSR count). The summed E-state index contributed by atoms with van der Waals surface area (Å²) in [6.07, 6.45) is 6.00. The van der Waals surface area contributed by atoms with Crippen molar-refractivity contribution in [2.75, 3.05) is 26.7 Å². The van der Waals surface area contributed by atoms with Crippen molar-refractivity contribution < 1.29 is 9.53 Å². The molecule has 5 nitrogen and oxygen atoms in total. The molecule has 0 aliphatic rings. The predicted molar refractivity (Wildman–Crippen MR) is 84.3 cm³/mol. The smallest absolute Gasteiger partial charge is 0.337 e. The fourth-order valence-corrected chi connectivity index (χ4v) is 1.70. The van der Waals surface area contributed by atoms with Crippen LogP contribution in [0.5, 0.6) is 0 Å². The zero-order valence-electron chi connectivity index (χ0n) is 12.5. The Morgan fingerprint density at radius 2 is 2.05 bits per heavy atom. The van der Waals surface area contributed by atoms with E-state index >= 15 is 0 Å². The van der Waals surface area contributed by atoms with E-state index in [9.17, 15) is 4.79 Å².